The van der Waals surface area contributed by atoms with Crippen molar-refractivity contribution in [3.63, 3.8) is 0 Å². The lowest BCUT2D eigenvalue weighted by Crippen LogP contribution is -2.55. The maximum Gasteiger partial charge on any atom is 0.269 e. The van der Waals surface area contributed by atoms with Crippen LogP contribution in [0.4, 0.5) is 5.69 Å². The van der Waals surface area contributed by atoms with Crippen molar-refractivity contribution < 1.29 is 9.72 Å². The highest BCUT2D eigenvalue weighted by atomic mass is 16.6. The fourth-order valence-electron chi connectivity index (χ4n) is 3.01. The molecule has 0 N–H and O–H groups in total. The van der Waals surface area contributed by atoms with Crippen molar-refractivity contribution >= 4 is 11.5 Å². The summed E-state index contributed by atoms with van der Waals surface area (Å²) in [5, 5.41) is 20.2. The number of ketones is 1. The normalized spacial score (nSPS) is 25.7. The first-order valence-corrected chi connectivity index (χ1v) is 6.43. The van der Waals surface area contributed by atoms with Crippen LogP contribution in [0, 0.1) is 32.3 Å². The van der Waals surface area contributed by atoms with E-state index in [1.165, 1.54) is 12.1 Å². The van der Waals surface area contributed by atoms with E-state index in [2.05, 4.69) is 6.07 Å². The van der Waals surface area contributed by atoms with Gasteiger partial charge in [0.1, 0.15) is 5.41 Å². The van der Waals surface area contributed by atoms with Crippen LogP contribution >= 0.6 is 0 Å². The highest BCUT2D eigenvalue weighted by Gasteiger charge is 2.62. The fourth-order valence-corrected chi connectivity index (χ4v) is 3.01. The molecular formula is C15H16N2O3. The molecule has 0 unspecified atom stereocenters. The quantitative estimate of drug-likeness (QED) is 0.611. The number of hydrogen-bond acceptors (Lipinski definition) is 4. The molecule has 0 aromatic heterocycles. The van der Waals surface area contributed by atoms with E-state index in [0.717, 1.165) is 5.56 Å². The van der Waals surface area contributed by atoms with E-state index >= 15 is 0 Å². The first-order valence-electron chi connectivity index (χ1n) is 6.43. The smallest absolute Gasteiger partial charge is 0.269 e. The topological polar surface area (TPSA) is 84.0 Å². The zero-order valence-electron chi connectivity index (χ0n) is 11.7. The Morgan fingerprint density at radius 1 is 1.35 bits per heavy atom. The molecule has 2 atom stereocenters. The third kappa shape index (κ3) is 1.80. The van der Waals surface area contributed by atoms with E-state index < -0.39 is 15.8 Å². The Labute approximate surface area is 117 Å². The molecule has 20 heavy (non-hydrogen) atoms. The molecule has 104 valence electrons. The van der Waals surface area contributed by atoms with Gasteiger partial charge in [-0.1, -0.05) is 32.9 Å². The van der Waals surface area contributed by atoms with Gasteiger partial charge in [0.05, 0.1) is 11.0 Å². The first kappa shape index (κ1) is 14.2. The molecule has 1 aromatic rings. The van der Waals surface area contributed by atoms with Crippen molar-refractivity contribution in [3.8, 4) is 6.07 Å². The Kier molecular flexibility index (Phi) is 3.13. The second-order valence-corrected chi connectivity index (χ2v) is 6.20. The van der Waals surface area contributed by atoms with Gasteiger partial charge in [-0.15, -0.1) is 0 Å². The van der Waals surface area contributed by atoms with Gasteiger partial charge in [0.25, 0.3) is 5.69 Å². The number of nitro benzene ring substituents is 1. The van der Waals surface area contributed by atoms with Crippen LogP contribution in [-0.2, 0) is 4.79 Å². The average Bonchev–Trinajstić information content (AvgIpc) is 2.35. The van der Waals surface area contributed by atoms with Crippen molar-refractivity contribution in [2.24, 2.45) is 10.8 Å². The van der Waals surface area contributed by atoms with Crippen molar-refractivity contribution in [2.75, 3.05) is 0 Å². The molecular weight excluding hydrogens is 256 g/mol. The van der Waals surface area contributed by atoms with Crippen LogP contribution in [0.3, 0.4) is 0 Å². The first-order chi connectivity index (χ1) is 9.24. The van der Waals surface area contributed by atoms with E-state index in [4.69, 9.17) is 0 Å². The molecule has 1 fully saturated rings. The van der Waals surface area contributed by atoms with E-state index in [-0.39, 0.29) is 17.4 Å². The number of hydrogen-bond donors (Lipinski definition) is 0. The number of nitro groups is 1. The summed E-state index contributed by atoms with van der Waals surface area (Å²) in [7, 11) is 0. The minimum Gasteiger partial charge on any atom is -0.298 e. The Hall–Kier alpha value is -2.22. The van der Waals surface area contributed by atoms with Crippen LogP contribution in [0.25, 0.3) is 0 Å². The molecule has 0 bridgehead atoms. The summed E-state index contributed by atoms with van der Waals surface area (Å²) in [6.45, 7) is 5.64. The zero-order valence-corrected chi connectivity index (χ0v) is 11.7. The van der Waals surface area contributed by atoms with Gasteiger partial charge in [-0.05, 0) is 11.0 Å². The maximum absolute atomic E-state index is 12.1. The Balaban J connectivity index is 2.41. The van der Waals surface area contributed by atoms with Crippen molar-refractivity contribution in [1.29, 1.82) is 5.26 Å². The van der Waals surface area contributed by atoms with Crippen LogP contribution in [-0.4, -0.2) is 10.7 Å². The third-order valence-corrected chi connectivity index (χ3v) is 4.22. The van der Waals surface area contributed by atoms with Gasteiger partial charge in [0.15, 0.2) is 5.78 Å². The molecule has 0 aliphatic heterocycles. The summed E-state index contributed by atoms with van der Waals surface area (Å²) in [5.74, 6) is -0.239. The third-order valence-electron chi connectivity index (χ3n) is 4.22. The second kappa shape index (κ2) is 4.41. The van der Waals surface area contributed by atoms with Crippen LogP contribution in [0.2, 0.25) is 0 Å². The zero-order chi connectivity index (χ0) is 15.1. The van der Waals surface area contributed by atoms with Crippen molar-refractivity contribution in [2.45, 2.75) is 33.1 Å². The van der Waals surface area contributed by atoms with Crippen LogP contribution < -0.4 is 0 Å². The van der Waals surface area contributed by atoms with Gasteiger partial charge in [-0.3, -0.25) is 14.9 Å². The average molecular weight is 272 g/mol. The number of carbonyl (C=O) groups excluding carboxylic acids is 1. The van der Waals surface area contributed by atoms with Crippen LogP contribution in [0.5, 0.6) is 0 Å². The maximum atomic E-state index is 12.1. The van der Waals surface area contributed by atoms with E-state index in [0.29, 0.717) is 6.42 Å². The number of rotatable bonds is 2. The van der Waals surface area contributed by atoms with Gasteiger partial charge >= 0.3 is 0 Å². The van der Waals surface area contributed by atoms with E-state index in [9.17, 15) is 20.2 Å². The van der Waals surface area contributed by atoms with Crippen LogP contribution in [0.1, 0.15) is 38.7 Å². The Bertz CT molecular complexity index is 607. The lowest BCUT2D eigenvalue weighted by molar-refractivity contribution is -0.384. The highest BCUT2D eigenvalue weighted by molar-refractivity contribution is 5.97. The molecule has 5 heteroatoms. The summed E-state index contributed by atoms with van der Waals surface area (Å²) in [5.41, 5.74) is -0.684. The monoisotopic (exact) mass is 272 g/mol. The molecule has 1 saturated carbocycles. The molecule has 1 aliphatic rings. The second-order valence-electron chi connectivity index (χ2n) is 6.20. The standard InChI is InChI=1S/C15H16N2O3/c1-14(2,3)15(9-16)12(8-13(15)18)10-4-6-11(7-5-10)17(19)20/h4-7,12H,8H2,1-3H3/t12-,15-/m1/s1. The van der Waals surface area contributed by atoms with Crippen molar-refractivity contribution in [3.05, 3.63) is 39.9 Å². The molecule has 5 nitrogen and oxygen atoms in total. The molecule has 0 saturated heterocycles. The molecule has 0 radical (unpaired) electrons. The highest BCUT2D eigenvalue weighted by Crippen LogP contribution is 2.59. The number of carbonyl (C=O) groups is 1. The predicted molar refractivity (Wildman–Crippen MR) is 73.0 cm³/mol. The lowest BCUT2D eigenvalue weighted by atomic mass is 9.47. The van der Waals surface area contributed by atoms with E-state index in [1.54, 1.807) is 12.1 Å². The molecule has 1 aromatic carbocycles. The SMILES string of the molecule is CC(C)(C)[C@@]1(C#N)C(=O)C[C@@H]1c1ccc([N+](=O)[O-])cc1. The van der Waals surface area contributed by atoms with Gasteiger partial charge in [-0.2, -0.15) is 5.26 Å². The molecule has 0 spiro atoms. The summed E-state index contributed by atoms with van der Waals surface area (Å²) < 4.78 is 0. The number of nitrogens with zero attached hydrogens (tertiary/aromatic N) is 2. The summed E-state index contributed by atoms with van der Waals surface area (Å²) in [6, 6.07) is 8.34. The molecule has 1 aliphatic carbocycles. The molecule has 0 heterocycles. The molecule has 0 amide bonds. The fraction of sp³-hybridized carbons (Fsp3) is 0.467. The van der Waals surface area contributed by atoms with Gasteiger partial charge in [0.2, 0.25) is 0 Å². The number of benzene rings is 1. The lowest BCUT2D eigenvalue weighted by Gasteiger charge is -2.51. The largest absolute Gasteiger partial charge is 0.298 e. The summed E-state index contributed by atoms with van der Waals surface area (Å²) in [6.07, 6.45) is 0.322. The van der Waals surface area contributed by atoms with Gasteiger partial charge < -0.3 is 0 Å². The van der Waals surface area contributed by atoms with Crippen molar-refractivity contribution in [1.82, 2.24) is 0 Å². The summed E-state index contributed by atoms with van der Waals surface area (Å²) >= 11 is 0. The summed E-state index contributed by atoms with van der Waals surface area (Å²) in [4.78, 5) is 22.3. The Morgan fingerprint density at radius 3 is 2.25 bits per heavy atom. The van der Waals surface area contributed by atoms with Gasteiger partial charge in [-0.25, -0.2) is 0 Å². The van der Waals surface area contributed by atoms with E-state index in [1.807, 2.05) is 20.8 Å². The van der Waals surface area contributed by atoms with Gasteiger partial charge in [0, 0.05) is 24.5 Å². The number of nitriles is 1. The van der Waals surface area contributed by atoms with Crippen LogP contribution in [0.15, 0.2) is 24.3 Å². The Morgan fingerprint density at radius 2 is 1.90 bits per heavy atom. The minimum absolute atomic E-state index is 0.0118. The molecule has 2 rings (SSSR count). The number of non-ortho nitro benzene ring substituents is 1. The minimum atomic E-state index is -1.04. The number of Topliss-reactive ketones (excluding diaryl/α,β-unsaturated/α-hetero) is 1. The predicted octanol–water partition coefficient (Wildman–Crippen LogP) is 3.21.